The van der Waals surface area contributed by atoms with E-state index in [0.717, 1.165) is 48.3 Å². The summed E-state index contributed by atoms with van der Waals surface area (Å²) in [4.78, 5) is 8.85. The highest BCUT2D eigenvalue weighted by molar-refractivity contribution is 5.68. The van der Waals surface area contributed by atoms with Crippen molar-refractivity contribution in [2.75, 3.05) is 39.3 Å². The van der Waals surface area contributed by atoms with Gasteiger partial charge in [0, 0.05) is 43.2 Å². The number of halogens is 3. The van der Waals surface area contributed by atoms with Crippen molar-refractivity contribution in [3.05, 3.63) is 54.7 Å². The van der Waals surface area contributed by atoms with Gasteiger partial charge >= 0.3 is 6.18 Å². The van der Waals surface area contributed by atoms with Crippen LogP contribution in [-0.4, -0.2) is 60.3 Å². The number of benzene rings is 1. The van der Waals surface area contributed by atoms with Crippen LogP contribution in [0.15, 0.2) is 49.2 Å². The van der Waals surface area contributed by atoms with Crippen molar-refractivity contribution in [2.45, 2.75) is 51.1 Å². The number of hydrogen-bond donors (Lipinski definition) is 0. The minimum absolute atomic E-state index is 0.153. The maximum atomic E-state index is 13.2. The predicted octanol–water partition coefficient (Wildman–Crippen LogP) is 6.64. The minimum Gasteiger partial charge on any atom is -0.477 e. The number of nitrogens with zero attached hydrogens (tertiary/aromatic N) is 3. The average molecular weight is 500 g/mol. The van der Waals surface area contributed by atoms with E-state index in [9.17, 15) is 13.2 Å². The van der Waals surface area contributed by atoms with E-state index < -0.39 is 11.6 Å². The normalized spacial score (nSPS) is 20.8. The molecule has 7 heteroatoms. The van der Waals surface area contributed by atoms with Gasteiger partial charge in [-0.15, -0.1) is 0 Å². The Balaban J connectivity index is 1.08. The number of hydrogen-bond acceptors (Lipinski definition) is 4. The van der Waals surface area contributed by atoms with Crippen LogP contribution in [0.5, 0.6) is 5.88 Å². The summed E-state index contributed by atoms with van der Waals surface area (Å²) in [5.74, 6) is 0.939. The van der Waals surface area contributed by atoms with Crippen LogP contribution in [0.1, 0.15) is 50.5 Å². The molecule has 2 saturated heterocycles. The number of likely N-dealkylation sites (tertiary alicyclic amines) is 2. The van der Waals surface area contributed by atoms with E-state index in [1.807, 2.05) is 23.2 Å². The first-order valence-electron chi connectivity index (χ1n) is 13.3. The van der Waals surface area contributed by atoms with Crippen LogP contribution in [0.2, 0.25) is 0 Å². The molecule has 5 rings (SSSR count). The molecule has 1 aliphatic carbocycles. The Morgan fingerprint density at radius 3 is 2.19 bits per heavy atom. The van der Waals surface area contributed by atoms with Gasteiger partial charge < -0.3 is 14.5 Å². The molecule has 3 aliphatic rings. The number of alkyl halides is 3. The Hall–Kier alpha value is -2.54. The monoisotopic (exact) mass is 499 g/mol. The Labute approximate surface area is 212 Å². The number of rotatable bonds is 8. The Morgan fingerprint density at radius 2 is 1.61 bits per heavy atom. The zero-order valence-corrected chi connectivity index (χ0v) is 20.9. The minimum atomic E-state index is -4.07. The molecule has 2 aromatic rings. The topological polar surface area (TPSA) is 28.6 Å². The van der Waals surface area contributed by atoms with Crippen molar-refractivity contribution in [1.29, 1.82) is 0 Å². The molecule has 1 aromatic carbocycles. The second kappa shape index (κ2) is 10.4. The summed E-state index contributed by atoms with van der Waals surface area (Å²) in [5, 5.41) is 0. The third-order valence-electron chi connectivity index (χ3n) is 8.18. The van der Waals surface area contributed by atoms with E-state index in [0.29, 0.717) is 31.5 Å². The molecule has 0 radical (unpaired) electrons. The fourth-order valence-corrected chi connectivity index (χ4v) is 5.46. The van der Waals surface area contributed by atoms with Crippen molar-refractivity contribution >= 4 is 5.70 Å². The maximum absolute atomic E-state index is 13.2. The highest BCUT2D eigenvalue weighted by Gasteiger charge is 2.63. The lowest BCUT2D eigenvalue weighted by Gasteiger charge is -2.34. The smallest absolute Gasteiger partial charge is 0.395 e. The quantitative estimate of drug-likeness (QED) is 0.407. The molecule has 4 nitrogen and oxygen atoms in total. The first-order chi connectivity index (χ1) is 17.3. The lowest BCUT2D eigenvalue weighted by molar-refractivity contribution is -0.192. The summed E-state index contributed by atoms with van der Waals surface area (Å²) in [7, 11) is 0. The second-order valence-electron chi connectivity index (χ2n) is 10.8. The molecule has 0 amide bonds. The van der Waals surface area contributed by atoms with E-state index in [1.54, 1.807) is 0 Å². The van der Waals surface area contributed by atoms with Gasteiger partial charge in [0.15, 0.2) is 0 Å². The van der Waals surface area contributed by atoms with Gasteiger partial charge in [0.05, 0.1) is 12.0 Å². The van der Waals surface area contributed by atoms with Crippen LogP contribution < -0.4 is 4.74 Å². The molecule has 0 unspecified atom stereocenters. The van der Waals surface area contributed by atoms with Crippen molar-refractivity contribution in [2.24, 2.45) is 11.3 Å². The summed E-state index contributed by atoms with van der Waals surface area (Å²) in [6.07, 6.45) is 3.81. The summed E-state index contributed by atoms with van der Waals surface area (Å²) < 4.78 is 45.6. The molecule has 36 heavy (non-hydrogen) atoms. The zero-order chi connectivity index (χ0) is 25.2. The SMILES string of the molecule is C=C(c1ccc(-c2ccc(OCC3CCN(CC4(C(F)(F)F)CC4)CC3)nc2)cc1)N1CCCCC1. The molecule has 194 valence electrons. The standard InChI is InChI=1S/C29H36F3N3O/c1-22(35-15-3-2-4-16-35)24-5-7-25(8-6-24)26-9-10-27(33-19-26)36-20-23-11-17-34(18-12-23)21-28(13-14-28)29(30,31)32/h5-10,19,23H,1-4,11-18,20-21H2. The lowest BCUT2D eigenvalue weighted by Crippen LogP contribution is -2.43. The zero-order valence-electron chi connectivity index (χ0n) is 20.9. The summed E-state index contributed by atoms with van der Waals surface area (Å²) >= 11 is 0. The third kappa shape index (κ3) is 5.72. The third-order valence-corrected chi connectivity index (χ3v) is 8.18. The van der Waals surface area contributed by atoms with E-state index in [-0.39, 0.29) is 19.4 Å². The Bertz CT molecular complexity index is 1020. The van der Waals surface area contributed by atoms with Gasteiger partial charge in [-0.05, 0) is 81.1 Å². The van der Waals surface area contributed by atoms with Crippen LogP contribution in [0.4, 0.5) is 13.2 Å². The van der Waals surface area contributed by atoms with Gasteiger partial charge in [-0.3, -0.25) is 0 Å². The number of ether oxygens (including phenoxy) is 1. The summed E-state index contributed by atoms with van der Waals surface area (Å²) in [6.45, 7) is 8.60. The van der Waals surface area contributed by atoms with Crippen molar-refractivity contribution < 1.29 is 17.9 Å². The Morgan fingerprint density at radius 1 is 0.944 bits per heavy atom. The molecule has 2 aliphatic heterocycles. The highest BCUT2D eigenvalue weighted by Crippen LogP contribution is 2.58. The molecule has 0 N–H and O–H groups in total. The predicted molar refractivity (Wildman–Crippen MR) is 137 cm³/mol. The van der Waals surface area contributed by atoms with E-state index >= 15 is 0 Å². The number of piperidine rings is 2. The molecular weight excluding hydrogens is 463 g/mol. The molecule has 1 saturated carbocycles. The number of pyridine rings is 1. The van der Waals surface area contributed by atoms with Gasteiger partial charge in [0.2, 0.25) is 5.88 Å². The fourth-order valence-electron chi connectivity index (χ4n) is 5.46. The Kier molecular flexibility index (Phi) is 7.29. The van der Waals surface area contributed by atoms with Gasteiger partial charge in [-0.2, -0.15) is 13.2 Å². The fraction of sp³-hybridized carbons (Fsp3) is 0.552. The lowest BCUT2D eigenvalue weighted by atomic mass is 9.96. The molecular formula is C29H36F3N3O. The van der Waals surface area contributed by atoms with Crippen LogP contribution in [0, 0.1) is 11.3 Å². The summed E-state index contributed by atoms with van der Waals surface area (Å²) in [6, 6.07) is 12.4. The van der Waals surface area contributed by atoms with Crippen LogP contribution in [-0.2, 0) is 0 Å². The molecule has 0 spiro atoms. The van der Waals surface area contributed by atoms with Gasteiger partial charge in [-0.25, -0.2) is 4.98 Å². The molecule has 3 heterocycles. The van der Waals surface area contributed by atoms with Gasteiger partial charge in [-0.1, -0.05) is 30.8 Å². The number of aromatic nitrogens is 1. The average Bonchev–Trinajstić information content (AvgIpc) is 3.70. The second-order valence-corrected chi connectivity index (χ2v) is 10.8. The summed E-state index contributed by atoms with van der Waals surface area (Å²) in [5.41, 5.74) is 2.95. The highest BCUT2D eigenvalue weighted by atomic mass is 19.4. The largest absolute Gasteiger partial charge is 0.477 e. The van der Waals surface area contributed by atoms with Crippen LogP contribution >= 0.6 is 0 Å². The first-order valence-corrected chi connectivity index (χ1v) is 13.3. The van der Waals surface area contributed by atoms with E-state index in [1.165, 1.54) is 19.3 Å². The molecule has 3 fully saturated rings. The van der Waals surface area contributed by atoms with Crippen molar-refractivity contribution in [1.82, 2.24) is 14.8 Å². The van der Waals surface area contributed by atoms with Gasteiger partial charge in [0.25, 0.3) is 0 Å². The maximum Gasteiger partial charge on any atom is 0.395 e. The van der Waals surface area contributed by atoms with Crippen LogP contribution in [0.3, 0.4) is 0 Å². The molecule has 1 aromatic heterocycles. The van der Waals surface area contributed by atoms with Crippen molar-refractivity contribution in [3.63, 3.8) is 0 Å². The van der Waals surface area contributed by atoms with E-state index in [4.69, 9.17) is 4.74 Å². The molecule has 0 atom stereocenters. The molecule has 0 bridgehead atoms. The van der Waals surface area contributed by atoms with Crippen LogP contribution in [0.25, 0.3) is 16.8 Å². The first kappa shape index (κ1) is 25.1. The van der Waals surface area contributed by atoms with Gasteiger partial charge in [0.1, 0.15) is 0 Å². The van der Waals surface area contributed by atoms with E-state index in [2.05, 4.69) is 40.7 Å². The van der Waals surface area contributed by atoms with Crippen molar-refractivity contribution in [3.8, 4) is 17.0 Å².